The molecular formula is C23H25FN2O3S. The number of sulfonamides is 1. The molecule has 0 aliphatic carbocycles. The highest BCUT2D eigenvalue weighted by Crippen LogP contribution is 2.32. The molecule has 5 nitrogen and oxygen atoms in total. The van der Waals surface area contributed by atoms with E-state index in [1.165, 1.54) is 16.4 Å². The average molecular weight is 429 g/mol. The normalized spacial score (nSPS) is 15.9. The maximum Gasteiger partial charge on any atom is 0.264 e. The molecule has 0 saturated carbocycles. The van der Waals surface area contributed by atoms with Crippen molar-refractivity contribution < 1.29 is 17.2 Å². The number of hydrogen-bond acceptors (Lipinski definition) is 4. The van der Waals surface area contributed by atoms with Crippen LogP contribution in [0.5, 0.6) is 0 Å². The van der Waals surface area contributed by atoms with Crippen LogP contribution in [0.2, 0.25) is 0 Å². The van der Waals surface area contributed by atoms with E-state index in [0.29, 0.717) is 30.6 Å². The quantitative estimate of drug-likeness (QED) is 0.576. The number of rotatable bonds is 6. The Morgan fingerprint density at radius 3 is 2.37 bits per heavy atom. The minimum Gasteiger partial charge on any atom is -0.468 e. The molecule has 158 valence electrons. The first kappa shape index (κ1) is 20.6. The summed E-state index contributed by atoms with van der Waals surface area (Å²) in [6, 6.07) is 16.3. The zero-order valence-electron chi connectivity index (χ0n) is 16.9. The van der Waals surface area contributed by atoms with Gasteiger partial charge < -0.3 is 4.42 Å². The van der Waals surface area contributed by atoms with E-state index in [1.54, 1.807) is 43.5 Å². The van der Waals surface area contributed by atoms with Crippen LogP contribution in [-0.4, -0.2) is 32.4 Å². The first-order valence-corrected chi connectivity index (χ1v) is 11.5. The Kier molecular flexibility index (Phi) is 5.92. The van der Waals surface area contributed by atoms with Gasteiger partial charge in [-0.25, -0.2) is 12.8 Å². The summed E-state index contributed by atoms with van der Waals surface area (Å²) in [4.78, 5) is 2.55. The molecule has 1 saturated heterocycles. The number of hydrogen-bond donors (Lipinski definition) is 0. The van der Waals surface area contributed by atoms with Gasteiger partial charge in [-0.2, -0.15) is 0 Å². The largest absolute Gasteiger partial charge is 0.468 e. The molecule has 0 spiro atoms. The van der Waals surface area contributed by atoms with Crippen molar-refractivity contribution in [3.05, 3.63) is 84.1 Å². The van der Waals surface area contributed by atoms with Crippen molar-refractivity contribution in [3.63, 3.8) is 0 Å². The van der Waals surface area contributed by atoms with E-state index in [4.69, 9.17) is 4.42 Å². The Bertz CT molecular complexity index is 1070. The van der Waals surface area contributed by atoms with Crippen LogP contribution in [0, 0.1) is 12.7 Å². The van der Waals surface area contributed by atoms with Crippen molar-refractivity contribution in [2.24, 2.45) is 0 Å². The van der Waals surface area contributed by atoms with Crippen molar-refractivity contribution in [1.82, 2.24) is 4.90 Å². The number of benzene rings is 2. The number of furan rings is 1. The van der Waals surface area contributed by atoms with Gasteiger partial charge in [-0.05, 0) is 67.8 Å². The molecule has 3 aromatic rings. The average Bonchev–Trinajstić information content (AvgIpc) is 3.24. The van der Waals surface area contributed by atoms with Crippen LogP contribution in [-0.2, 0) is 16.6 Å². The number of nitrogens with zero attached hydrogens (tertiary/aromatic N) is 2. The second kappa shape index (κ2) is 8.62. The van der Waals surface area contributed by atoms with E-state index in [9.17, 15) is 12.8 Å². The summed E-state index contributed by atoms with van der Waals surface area (Å²) in [5.41, 5.74) is 1.18. The predicted molar refractivity (Wildman–Crippen MR) is 114 cm³/mol. The Balaban J connectivity index is 1.62. The highest BCUT2D eigenvalue weighted by atomic mass is 32.2. The summed E-state index contributed by atoms with van der Waals surface area (Å²) < 4.78 is 47.8. The number of likely N-dealkylation sites (tertiary alicyclic amines) is 1. The van der Waals surface area contributed by atoms with Crippen LogP contribution in [0.25, 0.3) is 0 Å². The molecule has 0 bridgehead atoms. The molecule has 2 aromatic carbocycles. The molecule has 0 atom stereocenters. The van der Waals surface area contributed by atoms with Crippen LogP contribution in [0.4, 0.5) is 10.1 Å². The second-order valence-corrected chi connectivity index (χ2v) is 9.41. The van der Waals surface area contributed by atoms with E-state index < -0.39 is 10.0 Å². The maximum atomic E-state index is 13.7. The molecule has 7 heteroatoms. The summed E-state index contributed by atoms with van der Waals surface area (Å²) in [5, 5.41) is 0. The van der Waals surface area contributed by atoms with E-state index >= 15 is 0 Å². The zero-order valence-corrected chi connectivity index (χ0v) is 17.7. The third kappa shape index (κ3) is 4.27. The monoisotopic (exact) mass is 428 g/mol. The lowest BCUT2D eigenvalue weighted by Crippen LogP contribution is -2.47. The molecule has 1 fully saturated rings. The van der Waals surface area contributed by atoms with Crippen LogP contribution >= 0.6 is 0 Å². The number of anilines is 1. The Labute approximate surface area is 176 Å². The minimum absolute atomic E-state index is 0.201. The fourth-order valence-electron chi connectivity index (χ4n) is 4.02. The zero-order chi connectivity index (χ0) is 21.1. The standard InChI is InChI=1S/C23H25FN2O3S/c1-18-5-2-3-7-23(18)30(27,28)26(20-10-8-19(24)9-11-20)21-12-14-25(15-13-21)17-22-6-4-16-29-22/h2-11,16,21H,12-15,17H2,1H3. The van der Waals surface area contributed by atoms with Gasteiger partial charge in [0.25, 0.3) is 10.0 Å². The van der Waals surface area contributed by atoms with E-state index in [2.05, 4.69) is 4.90 Å². The molecule has 30 heavy (non-hydrogen) atoms. The highest BCUT2D eigenvalue weighted by molar-refractivity contribution is 7.93. The number of aryl methyl sites for hydroxylation is 1. The van der Waals surface area contributed by atoms with Gasteiger partial charge in [-0.15, -0.1) is 0 Å². The maximum absolute atomic E-state index is 13.7. The second-order valence-electron chi connectivity index (χ2n) is 7.63. The van der Waals surface area contributed by atoms with Gasteiger partial charge in [0.05, 0.1) is 23.4 Å². The predicted octanol–water partition coefficient (Wildman–Crippen LogP) is 4.59. The molecular weight excluding hydrogens is 403 g/mol. The number of halogens is 1. The van der Waals surface area contributed by atoms with Crippen LogP contribution in [0.15, 0.2) is 76.2 Å². The first-order valence-electron chi connectivity index (χ1n) is 10.1. The van der Waals surface area contributed by atoms with E-state index in [0.717, 1.165) is 18.8 Å². The highest BCUT2D eigenvalue weighted by Gasteiger charge is 2.35. The third-order valence-corrected chi connectivity index (χ3v) is 7.60. The van der Waals surface area contributed by atoms with Crippen LogP contribution in [0.1, 0.15) is 24.2 Å². The molecule has 1 aliphatic rings. The lowest BCUT2D eigenvalue weighted by atomic mass is 10.0. The molecule has 4 rings (SSSR count). The minimum atomic E-state index is -3.79. The molecule has 0 unspecified atom stereocenters. The van der Waals surface area contributed by atoms with Gasteiger partial charge in [0.1, 0.15) is 11.6 Å². The fourth-order valence-corrected chi connectivity index (χ4v) is 5.96. The van der Waals surface area contributed by atoms with Crippen molar-refractivity contribution >= 4 is 15.7 Å². The SMILES string of the molecule is Cc1ccccc1S(=O)(=O)N(c1ccc(F)cc1)C1CCN(Cc2ccco2)CC1. The van der Waals surface area contributed by atoms with Crippen molar-refractivity contribution in [2.45, 2.75) is 37.2 Å². The smallest absolute Gasteiger partial charge is 0.264 e. The van der Waals surface area contributed by atoms with Gasteiger partial charge >= 0.3 is 0 Å². The van der Waals surface area contributed by atoms with Gasteiger partial charge in [-0.3, -0.25) is 9.21 Å². The van der Waals surface area contributed by atoms with Gasteiger partial charge in [0, 0.05) is 19.1 Å². The van der Waals surface area contributed by atoms with E-state index in [1.807, 2.05) is 18.2 Å². The van der Waals surface area contributed by atoms with Crippen LogP contribution in [0.3, 0.4) is 0 Å². The molecule has 2 heterocycles. The number of piperidine rings is 1. The van der Waals surface area contributed by atoms with Crippen molar-refractivity contribution in [3.8, 4) is 0 Å². The Morgan fingerprint density at radius 1 is 1.03 bits per heavy atom. The molecule has 1 aromatic heterocycles. The molecule has 1 aliphatic heterocycles. The third-order valence-electron chi connectivity index (χ3n) is 5.56. The first-order chi connectivity index (χ1) is 14.4. The van der Waals surface area contributed by atoms with Crippen LogP contribution < -0.4 is 4.31 Å². The van der Waals surface area contributed by atoms with E-state index in [-0.39, 0.29) is 16.8 Å². The molecule has 0 N–H and O–H groups in total. The lowest BCUT2D eigenvalue weighted by Gasteiger charge is -2.39. The summed E-state index contributed by atoms with van der Waals surface area (Å²) in [6.07, 6.45) is 3.03. The Morgan fingerprint density at radius 2 is 1.73 bits per heavy atom. The fraction of sp³-hybridized carbons (Fsp3) is 0.304. The van der Waals surface area contributed by atoms with Gasteiger partial charge in [0.15, 0.2) is 0 Å². The molecule has 0 amide bonds. The molecule has 0 radical (unpaired) electrons. The summed E-state index contributed by atoms with van der Waals surface area (Å²) in [5.74, 6) is 0.511. The summed E-state index contributed by atoms with van der Waals surface area (Å²) >= 11 is 0. The van der Waals surface area contributed by atoms with Gasteiger partial charge in [0.2, 0.25) is 0 Å². The Hall–Kier alpha value is -2.64. The van der Waals surface area contributed by atoms with Crippen molar-refractivity contribution in [1.29, 1.82) is 0 Å². The summed E-state index contributed by atoms with van der Waals surface area (Å²) in [6.45, 7) is 4.02. The topological polar surface area (TPSA) is 53.8 Å². The summed E-state index contributed by atoms with van der Waals surface area (Å²) in [7, 11) is -3.79. The van der Waals surface area contributed by atoms with Gasteiger partial charge in [-0.1, -0.05) is 18.2 Å². The lowest BCUT2D eigenvalue weighted by molar-refractivity contribution is 0.193. The van der Waals surface area contributed by atoms with Crippen molar-refractivity contribution in [2.75, 3.05) is 17.4 Å².